The molecule has 0 heterocycles. The number of hydrogen-bond donors (Lipinski definition) is 1. The van der Waals surface area contributed by atoms with Crippen molar-refractivity contribution in [2.75, 3.05) is 0 Å². The van der Waals surface area contributed by atoms with E-state index in [0.717, 1.165) is 19.3 Å². The molecule has 0 spiro atoms. The highest BCUT2D eigenvalue weighted by molar-refractivity contribution is 5.86. The first-order chi connectivity index (χ1) is 9.03. The predicted molar refractivity (Wildman–Crippen MR) is 79.2 cm³/mol. The molecule has 0 aromatic rings. The molecule has 1 aliphatic rings. The summed E-state index contributed by atoms with van der Waals surface area (Å²) in [5, 5.41) is 2.81. The van der Waals surface area contributed by atoms with Crippen LogP contribution >= 0.6 is 0 Å². The van der Waals surface area contributed by atoms with E-state index in [1.54, 1.807) is 6.92 Å². The summed E-state index contributed by atoms with van der Waals surface area (Å²) < 4.78 is 5.29. The van der Waals surface area contributed by atoms with Gasteiger partial charge in [0.1, 0.15) is 11.6 Å². The summed E-state index contributed by atoms with van der Waals surface area (Å²) in [7, 11) is 0. The summed E-state index contributed by atoms with van der Waals surface area (Å²) in [6.45, 7) is 11.4. The number of ether oxygens (including phenoxy) is 1. The Morgan fingerprint density at radius 3 is 2.35 bits per heavy atom. The number of hydrogen-bond acceptors (Lipinski definition) is 3. The van der Waals surface area contributed by atoms with Crippen molar-refractivity contribution < 1.29 is 14.3 Å². The van der Waals surface area contributed by atoms with Gasteiger partial charge in [0.15, 0.2) is 0 Å². The van der Waals surface area contributed by atoms with E-state index in [4.69, 9.17) is 4.74 Å². The first-order valence-corrected chi connectivity index (χ1v) is 7.56. The number of carbonyl (C=O) groups is 2. The highest BCUT2D eigenvalue weighted by atomic mass is 16.6. The molecule has 1 rings (SSSR count). The third-order valence-electron chi connectivity index (χ3n) is 3.94. The molecule has 1 unspecified atom stereocenters. The Morgan fingerprint density at radius 2 is 1.85 bits per heavy atom. The topological polar surface area (TPSA) is 55.4 Å². The smallest absolute Gasteiger partial charge is 0.328 e. The summed E-state index contributed by atoms with van der Waals surface area (Å²) in [5.41, 5.74) is -0.518. The molecule has 116 valence electrons. The lowest BCUT2D eigenvalue weighted by Gasteiger charge is -2.38. The summed E-state index contributed by atoms with van der Waals surface area (Å²) >= 11 is 0. The van der Waals surface area contributed by atoms with Crippen molar-refractivity contribution in [1.82, 2.24) is 5.32 Å². The fraction of sp³-hybridized carbons (Fsp3) is 0.875. The van der Waals surface area contributed by atoms with Crippen molar-refractivity contribution >= 4 is 11.9 Å². The molecule has 20 heavy (non-hydrogen) atoms. The van der Waals surface area contributed by atoms with Gasteiger partial charge in [-0.25, -0.2) is 4.79 Å². The molecule has 4 nitrogen and oxygen atoms in total. The standard InChI is InChI=1S/C16H29NO3/c1-11(14(19)20-15(2,3)4)17-13(18)12-9-7-8-10-16(12,5)6/h11-12H,7-10H2,1-6H3,(H,17,18)/t11-,12?/m0/s1. The van der Waals surface area contributed by atoms with Crippen LogP contribution in [0.3, 0.4) is 0 Å². The fourth-order valence-corrected chi connectivity index (χ4v) is 2.74. The van der Waals surface area contributed by atoms with Crippen LogP contribution in [0.2, 0.25) is 0 Å². The maximum atomic E-state index is 12.4. The first kappa shape index (κ1) is 17.0. The van der Waals surface area contributed by atoms with Crippen LogP contribution in [-0.2, 0) is 14.3 Å². The molecule has 1 fully saturated rings. The van der Waals surface area contributed by atoms with Gasteiger partial charge in [-0.3, -0.25) is 4.79 Å². The summed E-state index contributed by atoms with van der Waals surface area (Å²) in [5.74, 6) is -0.409. The van der Waals surface area contributed by atoms with E-state index in [-0.39, 0.29) is 23.2 Å². The SMILES string of the molecule is C[C@H](NC(=O)C1CCCCC1(C)C)C(=O)OC(C)(C)C. The predicted octanol–water partition coefficient (Wildman–Crippen LogP) is 3.05. The van der Waals surface area contributed by atoms with Crippen molar-refractivity contribution in [1.29, 1.82) is 0 Å². The molecule has 0 radical (unpaired) electrons. The Morgan fingerprint density at radius 1 is 1.25 bits per heavy atom. The van der Waals surface area contributed by atoms with E-state index in [9.17, 15) is 9.59 Å². The number of amides is 1. The summed E-state index contributed by atoms with van der Waals surface area (Å²) in [6, 6.07) is -0.598. The average Bonchev–Trinajstić information content (AvgIpc) is 2.25. The second-order valence-electron chi connectivity index (χ2n) is 7.55. The van der Waals surface area contributed by atoms with Crippen LogP contribution in [0.4, 0.5) is 0 Å². The van der Waals surface area contributed by atoms with Crippen molar-refractivity contribution in [2.24, 2.45) is 11.3 Å². The lowest BCUT2D eigenvalue weighted by atomic mass is 9.68. The normalized spacial score (nSPS) is 23.8. The van der Waals surface area contributed by atoms with Crippen LogP contribution in [0.5, 0.6) is 0 Å². The minimum Gasteiger partial charge on any atom is -0.458 e. The zero-order valence-electron chi connectivity index (χ0n) is 13.7. The van der Waals surface area contributed by atoms with Gasteiger partial charge in [0.05, 0.1) is 0 Å². The highest BCUT2D eigenvalue weighted by Crippen LogP contribution is 2.40. The Hall–Kier alpha value is -1.06. The number of nitrogens with one attached hydrogen (secondary N) is 1. The van der Waals surface area contributed by atoms with Gasteiger partial charge in [-0.05, 0) is 46.0 Å². The number of rotatable bonds is 3. The zero-order chi connectivity index (χ0) is 15.6. The average molecular weight is 283 g/mol. The lowest BCUT2D eigenvalue weighted by Crippen LogP contribution is -2.48. The first-order valence-electron chi connectivity index (χ1n) is 7.56. The monoisotopic (exact) mass is 283 g/mol. The van der Waals surface area contributed by atoms with Crippen LogP contribution in [-0.4, -0.2) is 23.5 Å². The van der Waals surface area contributed by atoms with Crippen molar-refractivity contribution in [3.8, 4) is 0 Å². The van der Waals surface area contributed by atoms with Gasteiger partial charge in [0.25, 0.3) is 0 Å². The Labute approximate surface area is 122 Å². The molecular weight excluding hydrogens is 254 g/mol. The zero-order valence-corrected chi connectivity index (χ0v) is 13.7. The van der Waals surface area contributed by atoms with Crippen molar-refractivity contribution in [3.05, 3.63) is 0 Å². The molecule has 0 bridgehead atoms. The number of esters is 1. The van der Waals surface area contributed by atoms with Gasteiger partial charge in [-0.15, -0.1) is 0 Å². The van der Waals surface area contributed by atoms with E-state index in [0.29, 0.717) is 0 Å². The highest BCUT2D eigenvalue weighted by Gasteiger charge is 2.38. The molecule has 1 saturated carbocycles. The second-order valence-corrected chi connectivity index (χ2v) is 7.55. The molecule has 2 atom stereocenters. The van der Waals surface area contributed by atoms with Crippen molar-refractivity contribution in [2.45, 2.75) is 78.9 Å². The molecular formula is C16H29NO3. The molecule has 0 saturated heterocycles. The van der Waals surface area contributed by atoms with E-state index < -0.39 is 11.6 Å². The molecule has 1 amide bonds. The van der Waals surface area contributed by atoms with Gasteiger partial charge in [-0.2, -0.15) is 0 Å². The Kier molecular flexibility index (Phi) is 5.22. The molecule has 0 aromatic heterocycles. The summed E-state index contributed by atoms with van der Waals surface area (Å²) in [4.78, 5) is 24.3. The minimum atomic E-state index is -0.598. The maximum absolute atomic E-state index is 12.4. The Balaban J connectivity index is 2.59. The van der Waals surface area contributed by atoms with Gasteiger partial charge in [-0.1, -0.05) is 26.7 Å². The van der Waals surface area contributed by atoms with E-state index >= 15 is 0 Å². The summed E-state index contributed by atoms with van der Waals surface area (Å²) in [6.07, 6.45) is 4.23. The third kappa shape index (κ3) is 4.80. The van der Waals surface area contributed by atoms with Gasteiger partial charge >= 0.3 is 5.97 Å². The van der Waals surface area contributed by atoms with Crippen LogP contribution in [0.25, 0.3) is 0 Å². The minimum absolute atomic E-state index is 0.00991. The van der Waals surface area contributed by atoms with E-state index in [1.807, 2.05) is 20.8 Å². The molecule has 1 aliphatic carbocycles. The quantitative estimate of drug-likeness (QED) is 0.810. The maximum Gasteiger partial charge on any atom is 0.328 e. The lowest BCUT2D eigenvalue weighted by molar-refractivity contribution is -0.158. The fourth-order valence-electron chi connectivity index (χ4n) is 2.74. The Bertz CT molecular complexity index is 368. The van der Waals surface area contributed by atoms with Crippen LogP contribution < -0.4 is 5.32 Å². The van der Waals surface area contributed by atoms with Gasteiger partial charge in [0.2, 0.25) is 5.91 Å². The molecule has 4 heteroatoms. The van der Waals surface area contributed by atoms with Crippen LogP contribution in [0.15, 0.2) is 0 Å². The van der Waals surface area contributed by atoms with Gasteiger partial charge < -0.3 is 10.1 Å². The van der Waals surface area contributed by atoms with Gasteiger partial charge in [0, 0.05) is 5.92 Å². The molecule has 0 aromatic carbocycles. The van der Waals surface area contributed by atoms with Crippen LogP contribution in [0.1, 0.15) is 67.2 Å². The van der Waals surface area contributed by atoms with Crippen molar-refractivity contribution in [3.63, 3.8) is 0 Å². The van der Waals surface area contributed by atoms with E-state index in [1.165, 1.54) is 6.42 Å². The van der Waals surface area contributed by atoms with E-state index in [2.05, 4.69) is 19.2 Å². The second kappa shape index (κ2) is 6.15. The number of carbonyl (C=O) groups excluding carboxylic acids is 2. The third-order valence-corrected chi connectivity index (χ3v) is 3.94. The largest absolute Gasteiger partial charge is 0.458 e. The van der Waals surface area contributed by atoms with Crippen LogP contribution in [0, 0.1) is 11.3 Å². The molecule has 0 aliphatic heterocycles. The molecule has 1 N–H and O–H groups in total.